The molecule has 1 aliphatic heterocycles. The summed E-state index contributed by atoms with van der Waals surface area (Å²) < 4.78 is 4.70. The number of esters is 1. The van der Waals surface area contributed by atoms with Crippen molar-refractivity contribution >= 4 is 5.97 Å². The third kappa shape index (κ3) is 4.24. The van der Waals surface area contributed by atoms with E-state index in [0.29, 0.717) is 11.6 Å². The van der Waals surface area contributed by atoms with Gasteiger partial charge in [0.2, 0.25) is 0 Å². The van der Waals surface area contributed by atoms with Crippen molar-refractivity contribution < 1.29 is 9.53 Å². The first kappa shape index (κ1) is 17.6. The van der Waals surface area contributed by atoms with Gasteiger partial charge in [-0.25, -0.2) is 4.79 Å². The van der Waals surface area contributed by atoms with E-state index in [1.54, 1.807) is 12.3 Å². The van der Waals surface area contributed by atoms with Crippen LogP contribution in [0.1, 0.15) is 34.8 Å². The highest BCUT2D eigenvalue weighted by Gasteiger charge is 2.17. The number of pyridine rings is 1. The topological polar surface area (TPSA) is 54.5 Å². The molecule has 2 heterocycles. The molecule has 1 aromatic carbocycles. The van der Waals surface area contributed by atoms with E-state index in [1.807, 2.05) is 13.1 Å². The molecule has 1 unspecified atom stereocenters. The van der Waals surface area contributed by atoms with Crippen molar-refractivity contribution in [2.75, 3.05) is 33.8 Å². The van der Waals surface area contributed by atoms with Crippen molar-refractivity contribution in [1.29, 1.82) is 0 Å². The molecule has 25 heavy (non-hydrogen) atoms. The monoisotopic (exact) mass is 339 g/mol. The van der Waals surface area contributed by atoms with Crippen LogP contribution in [0.2, 0.25) is 0 Å². The number of likely N-dealkylation sites (tertiary alicyclic amines) is 1. The van der Waals surface area contributed by atoms with Crippen molar-refractivity contribution in [3.8, 4) is 11.3 Å². The average molecular weight is 339 g/mol. The fourth-order valence-corrected chi connectivity index (χ4v) is 3.28. The van der Waals surface area contributed by atoms with E-state index in [9.17, 15) is 4.79 Å². The van der Waals surface area contributed by atoms with Crippen LogP contribution in [0.5, 0.6) is 0 Å². The number of ether oxygens (including phenoxy) is 1. The number of likely N-dealkylation sites (N-methyl/N-ethyl adjacent to an activating group) is 1. The lowest BCUT2D eigenvalue weighted by atomic mass is 10.0. The smallest absolute Gasteiger partial charge is 0.339 e. The van der Waals surface area contributed by atoms with Gasteiger partial charge in [0.15, 0.2) is 0 Å². The highest BCUT2D eigenvalue weighted by atomic mass is 16.5. The Balaban J connectivity index is 1.71. The van der Waals surface area contributed by atoms with Crippen LogP contribution in [0.25, 0.3) is 11.3 Å². The van der Waals surface area contributed by atoms with Crippen molar-refractivity contribution in [2.24, 2.45) is 0 Å². The van der Waals surface area contributed by atoms with Crippen molar-refractivity contribution in [1.82, 2.24) is 15.2 Å². The Labute approximate surface area is 149 Å². The number of hydrogen-bond donors (Lipinski definition) is 1. The van der Waals surface area contributed by atoms with Crippen molar-refractivity contribution in [2.45, 2.75) is 18.9 Å². The summed E-state index contributed by atoms with van der Waals surface area (Å²) in [6.07, 6.45) is 4.17. The van der Waals surface area contributed by atoms with E-state index in [0.717, 1.165) is 17.8 Å². The van der Waals surface area contributed by atoms with Gasteiger partial charge in [-0.3, -0.25) is 4.98 Å². The predicted molar refractivity (Wildman–Crippen MR) is 98.5 cm³/mol. The van der Waals surface area contributed by atoms with Crippen LogP contribution in [-0.2, 0) is 4.74 Å². The zero-order chi connectivity index (χ0) is 17.6. The van der Waals surface area contributed by atoms with Gasteiger partial charge in [0.05, 0.1) is 18.4 Å². The van der Waals surface area contributed by atoms with Gasteiger partial charge in [-0.1, -0.05) is 24.3 Å². The summed E-state index contributed by atoms with van der Waals surface area (Å²) in [5.41, 5.74) is 3.63. The van der Waals surface area contributed by atoms with Gasteiger partial charge in [-0.15, -0.1) is 0 Å². The van der Waals surface area contributed by atoms with Crippen LogP contribution >= 0.6 is 0 Å². The number of rotatable bonds is 6. The molecule has 1 saturated heterocycles. The lowest BCUT2D eigenvalue weighted by molar-refractivity contribution is 0.0600. The number of aromatic nitrogens is 1. The van der Waals surface area contributed by atoms with Gasteiger partial charge in [0, 0.05) is 24.3 Å². The van der Waals surface area contributed by atoms with Gasteiger partial charge in [0.1, 0.15) is 0 Å². The molecule has 1 fully saturated rings. The first-order valence-corrected chi connectivity index (χ1v) is 8.75. The van der Waals surface area contributed by atoms with E-state index in [-0.39, 0.29) is 5.97 Å². The summed E-state index contributed by atoms with van der Waals surface area (Å²) in [7, 11) is 3.39. The molecule has 0 aliphatic carbocycles. The van der Waals surface area contributed by atoms with E-state index in [1.165, 1.54) is 38.6 Å². The van der Waals surface area contributed by atoms with Crippen LogP contribution in [0.15, 0.2) is 42.6 Å². The Morgan fingerprint density at radius 2 is 1.92 bits per heavy atom. The van der Waals surface area contributed by atoms with Gasteiger partial charge in [-0.2, -0.15) is 0 Å². The zero-order valence-corrected chi connectivity index (χ0v) is 14.9. The molecule has 0 spiro atoms. The summed E-state index contributed by atoms with van der Waals surface area (Å²) in [5.74, 6) is -0.367. The van der Waals surface area contributed by atoms with Crippen LogP contribution in [0.4, 0.5) is 0 Å². The molecule has 0 saturated carbocycles. The van der Waals surface area contributed by atoms with Gasteiger partial charge < -0.3 is 15.0 Å². The molecule has 1 aromatic heterocycles. The zero-order valence-electron chi connectivity index (χ0n) is 14.9. The maximum atomic E-state index is 11.5. The number of benzene rings is 1. The minimum Gasteiger partial charge on any atom is -0.465 e. The molecule has 0 radical (unpaired) electrons. The third-order valence-electron chi connectivity index (χ3n) is 4.78. The molecule has 5 heteroatoms. The highest BCUT2D eigenvalue weighted by Crippen LogP contribution is 2.22. The molecule has 1 aliphatic rings. The first-order chi connectivity index (χ1) is 12.2. The molecule has 0 amide bonds. The van der Waals surface area contributed by atoms with Crippen molar-refractivity contribution in [3.63, 3.8) is 0 Å². The van der Waals surface area contributed by atoms with E-state index in [2.05, 4.69) is 39.5 Å². The Morgan fingerprint density at radius 1 is 1.20 bits per heavy atom. The number of nitrogens with one attached hydrogen (secondary N) is 1. The Hall–Kier alpha value is -2.24. The minimum atomic E-state index is -0.367. The van der Waals surface area contributed by atoms with E-state index in [4.69, 9.17) is 4.74 Å². The number of carbonyl (C=O) groups excluding carboxylic acids is 1. The summed E-state index contributed by atoms with van der Waals surface area (Å²) >= 11 is 0. The van der Waals surface area contributed by atoms with Crippen LogP contribution < -0.4 is 5.32 Å². The molecule has 2 aromatic rings. The van der Waals surface area contributed by atoms with Crippen LogP contribution in [-0.4, -0.2) is 49.6 Å². The third-order valence-corrected chi connectivity index (χ3v) is 4.78. The van der Waals surface area contributed by atoms with E-state index < -0.39 is 0 Å². The molecule has 5 nitrogen and oxygen atoms in total. The largest absolute Gasteiger partial charge is 0.465 e. The van der Waals surface area contributed by atoms with E-state index >= 15 is 0 Å². The molecule has 1 N–H and O–H groups in total. The molecule has 3 rings (SSSR count). The molecular formula is C20H25N3O2. The quantitative estimate of drug-likeness (QED) is 0.820. The fourth-order valence-electron chi connectivity index (χ4n) is 3.28. The first-order valence-electron chi connectivity index (χ1n) is 8.75. The summed E-state index contributed by atoms with van der Waals surface area (Å²) in [4.78, 5) is 18.4. The Morgan fingerprint density at radius 3 is 2.48 bits per heavy atom. The van der Waals surface area contributed by atoms with Gasteiger partial charge >= 0.3 is 5.97 Å². The lowest BCUT2D eigenvalue weighted by Gasteiger charge is -2.23. The summed E-state index contributed by atoms with van der Waals surface area (Å²) in [5, 5.41) is 3.42. The second kappa shape index (κ2) is 8.23. The highest BCUT2D eigenvalue weighted by molar-refractivity contribution is 5.89. The van der Waals surface area contributed by atoms with Gasteiger partial charge in [0.25, 0.3) is 0 Å². The Bertz CT molecular complexity index is 692. The van der Waals surface area contributed by atoms with Gasteiger partial charge in [-0.05, 0) is 50.7 Å². The fraction of sp³-hybridized carbons (Fsp3) is 0.400. The second-order valence-corrected chi connectivity index (χ2v) is 6.39. The summed E-state index contributed by atoms with van der Waals surface area (Å²) in [6, 6.07) is 12.4. The average Bonchev–Trinajstić information content (AvgIpc) is 3.19. The molecular weight excluding hydrogens is 314 g/mol. The number of methoxy groups -OCH3 is 1. The maximum absolute atomic E-state index is 11.5. The molecule has 1 atom stereocenters. The number of hydrogen-bond acceptors (Lipinski definition) is 5. The standard InChI is InChI=1S/C20H25N3O2/c1-21-19(14-23-11-3-4-12-23)16-7-5-15(6-8-16)18-10-9-17(13-22-18)20(24)25-2/h5-10,13,19,21H,3-4,11-12,14H2,1-2H3. The van der Waals surface area contributed by atoms with Crippen LogP contribution in [0.3, 0.4) is 0 Å². The number of nitrogens with zero attached hydrogens (tertiary/aromatic N) is 2. The summed E-state index contributed by atoms with van der Waals surface area (Å²) in [6.45, 7) is 3.45. The second-order valence-electron chi connectivity index (χ2n) is 6.39. The SMILES string of the molecule is CNC(CN1CCCC1)c1ccc(-c2ccc(C(=O)OC)cn2)cc1. The predicted octanol–water partition coefficient (Wildman–Crippen LogP) is 2.89. The molecule has 0 bridgehead atoms. The normalized spacial score (nSPS) is 15.9. The number of carbonyl (C=O) groups is 1. The maximum Gasteiger partial charge on any atom is 0.339 e. The van der Waals surface area contributed by atoms with Crippen LogP contribution in [0, 0.1) is 0 Å². The van der Waals surface area contributed by atoms with Crippen molar-refractivity contribution in [3.05, 3.63) is 53.7 Å². The lowest BCUT2D eigenvalue weighted by Crippen LogP contribution is -2.31. The molecule has 132 valence electrons. The minimum absolute atomic E-state index is 0.335. The Kier molecular flexibility index (Phi) is 5.79.